The molecule has 1 saturated heterocycles. The number of carbonyl (C=O) groups is 1. The maximum absolute atomic E-state index is 12.6. The van der Waals surface area contributed by atoms with Crippen LogP contribution in [-0.2, 0) is 0 Å². The molecule has 0 spiro atoms. The van der Waals surface area contributed by atoms with Crippen molar-refractivity contribution in [3.8, 4) is 11.3 Å². The highest BCUT2D eigenvalue weighted by molar-refractivity contribution is 5.94. The van der Waals surface area contributed by atoms with Crippen LogP contribution in [0.1, 0.15) is 23.2 Å². The van der Waals surface area contributed by atoms with Crippen molar-refractivity contribution < 1.29 is 4.79 Å². The second kappa shape index (κ2) is 7.38. The summed E-state index contributed by atoms with van der Waals surface area (Å²) in [4.78, 5) is 21.2. The lowest BCUT2D eigenvalue weighted by molar-refractivity contribution is 0.0782. The van der Waals surface area contributed by atoms with Crippen LogP contribution in [0.4, 0.5) is 0 Å². The number of rotatable bonds is 5. The van der Waals surface area contributed by atoms with Crippen LogP contribution < -0.4 is 0 Å². The van der Waals surface area contributed by atoms with Crippen LogP contribution in [0.2, 0.25) is 0 Å². The fraction of sp³-hybridized carbons (Fsp3) is 0.368. The van der Waals surface area contributed by atoms with Gasteiger partial charge in [-0.2, -0.15) is 0 Å². The summed E-state index contributed by atoms with van der Waals surface area (Å²) in [6, 6.07) is 13.6. The van der Waals surface area contributed by atoms with Gasteiger partial charge in [0.1, 0.15) is 0 Å². The largest absolute Gasteiger partial charge is 0.340 e. The van der Waals surface area contributed by atoms with E-state index < -0.39 is 0 Å². The Hall–Kier alpha value is -2.20. The average molecular weight is 309 g/mol. The van der Waals surface area contributed by atoms with Gasteiger partial charge in [0.25, 0.3) is 5.91 Å². The summed E-state index contributed by atoms with van der Waals surface area (Å²) in [5.41, 5.74) is 2.56. The zero-order chi connectivity index (χ0) is 16.1. The fourth-order valence-electron chi connectivity index (χ4n) is 2.95. The molecule has 1 aromatic carbocycles. The molecule has 2 aromatic rings. The number of hydrogen-bond acceptors (Lipinski definition) is 3. The van der Waals surface area contributed by atoms with Gasteiger partial charge in [-0.3, -0.25) is 9.78 Å². The monoisotopic (exact) mass is 309 g/mol. The van der Waals surface area contributed by atoms with E-state index in [9.17, 15) is 4.79 Å². The average Bonchev–Trinajstić information content (AvgIpc) is 3.13. The Morgan fingerprint density at radius 1 is 1.17 bits per heavy atom. The summed E-state index contributed by atoms with van der Waals surface area (Å²) in [5, 5.41) is 0. The summed E-state index contributed by atoms with van der Waals surface area (Å²) in [5.74, 6) is 0.0591. The highest BCUT2D eigenvalue weighted by atomic mass is 16.2. The number of aromatic nitrogens is 1. The molecule has 0 unspecified atom stereocenters. The molecular weight excluding hydrogens is 286 g/mol. The molecule has 3 rings (SSSR count). The minimum atomic E-state index is 0.0591. The van der Waals surface area contributed by atoms with Crippen LogP contribution >= 0.6 is 0 Å². The molecule has 0 saturated carbocycles. The van der Waals surface area contributed by atoms with Crippen molar-refractivity contribution in [1.82, 2.24) is 14.8 Å². The molecular formula is C19H23N3O. The van der Waals surface area contributed by atoms with Gasteiger partial charge in [0.2, 0.25) is 0 Å². The van der Waals surface area contributed by atoms with Crippen LogP contribution in [0, 0.1) is 0 Å². The first-order valence-corrected chi connectivity index (χ1v) is 8.23. The molecule has 0 aliphatic carbocycles. The molecule has 1 aliphatic rings. The number of nitrogens with zero attached hydrogens (tertiary/aromatic N) is 3. The first kappa shape index (κ1) is 15.7. The fourth-order valence-corrected chi connectivity index (χ4v) is 2.95. The number of pyridine rings is 1. The first-order valence-electron chi connectivity index (χ1n) is 8.23. The van der Waals surface area contributed by atoms with E-state index in [2.05, 4.69) is 9.88 Å². The summed E-state index contributed by atoms with van der Waals surface area (Å²) in [6.07, 6.45) is 4.27. The van der Waals surface area contributed by atoms with E-state index in [0.717, 1.165) is 37.4 Å². The van der Waals surface area contributed by atoms with Crippen molar-refractivity contribution in [3.05, 3.63) is 54.2 Å². The van der Waals surface area contributed by atoms with Gasteiger partial charge in [-0.25, -0.2) is 0 Å². The summed E-state index contributed by atoms with van der Waals surface area (Å²) in [7, 11) is 1.88. The van der Waals surface area contributed by atoms with E-state index in [1.807, 2.05) is 48.3 Å². The van der Waals surface area contributed by atoms with Gasteiger partial charge in [0, 0.05) is 37.5 Å². The van der Waals surface area contributed by atoms with Crippen LogP contribution in [-0.4, -0.2) is 53.9 Å². The third-order valence-corrected chi connectivity index (χ3v) is 4.37. The van der Waals surface area contributed by atoms with E-state index >= 15 is 0 Å². The van der Waals surface area contributed by atoms with E-state index in [0.29, 0.717) is 5.56 Å². The maximum Gasteiger partial charge on any atom is 0.253 e. The number of likely N-dealkylation sites (N-methyl/N-ethyl adjacent to an activating group) is 1. The second-order valence-electron chi connectivity index (χ2n) is 6.07. The van der Waals surface area contributed by atoms with Crippen LogP contribution in [0.15, 0.2) is 48.7 Å². The number of likely N-dealkylation sites (tertiary alicyclic amines) is 1. The molecule has 2 heterocycles. The quantitative estimate of drug-likeness (QED) is 0.852. The van der Waals surface area contributed by atoms with Crippen molar-refractivity contribution >= 4 is 5.91 Å². The Labute approximate surface area is 137 Å². The molecule has 120 valence electrons. The predicted molar refractivity (Wildman–Crippen MR) is 92.3 cm³/mol. The van der Waals surface area contributed by atoms with Gasteiger partial charge in [-0.05, 0) is 38.1 Å². The van der Waals surface area contributed by atoms with Crippen molar-refractivity contribution in [2.75, 3.05) is 33.2 Å². The van der Waals surface area contributed by atoms with Gasteiger partial charge in [-0.15, -0.1) is 0 Å². The normalized spacial score (nSPS) is 14.8. The highest BCUT2D eigenvalue weighted by Crippen LogP contribution is 2.18. The number of amides is 1. The number of benzene rings is 1. The molecule has 1 aliphatic heterocycles. The minimum absolute atomic E-state index is 0.0591. The van der Waals surface area contributed by atoms with Gasteiger partial charge < -0.3 is 9.80 Å². The van der Waals surface area contributed by atoms with Crippen molar-refractivity contribution in [3.63, 3.8) is 0 Å². The number of hydrogen-bond donors (Lipinski definition) is 0. The smallest absolute Gasteiger partial charge is 0.253 e. The van der Waals surface area contributed by atoms with Crippen LogP contribution in [0.3, 0.4) is 0 Å². The van der Waals surface area contributed by atoms with Gasteiger partial charge in [0.05, 0.1) is 5.69 Å². The van der Waals surface area contributed by atoms with Crippen LogP contribution in [0.5, 0.6) is 0 Å². The van der Waals surface area contributed by atoms with Gasteiger partial charge in [-0.1, -0.05) is 30.3 Å². The molecule has 0 N–H and O–H groups in total. The van der Waals surface area contributed by atoms with E-state index in [-0.39, 0.29) is 5.91 Å². The molecule has 1 amide bonds. The van der Waals surface area contributed by atoms with Gasteiger partial charge >= 0.3 is 0 Å². The van der Waals surface area contributed by atoms with Crippen molar-refractivity contribution in [1.29, 1.82) is 0 Å². The predicted octanol–water partition coefficient (Wildman–Crippen LogP) is 2.92. The highest BCUT2D eigenvalue weighted by Gasteiger charge is 2.16. The summed E-state index contributed by atoms with van der Waals surface area (Å²) < 4.78 is 0. The number of carbonyl (C=O) groups excluding carboxylic acids is 1. The molecule has 0 radical (unpaired) electrons. The molecule has 23 heavy (non-hydrogen) atoms. The summed E-state index contributed by atoms with van der Waals surface area (Å²) in [6.45, 7) is 4.05. The topological polar surface area (TPSA) is 36.4 Å². The lowest BCUT2D eigenvalue weighted by Crippen LogP contribution is -2.35. The van der Waals surface area contributed by atoms with Crippen molar-refractivity contribution in [2.45, 2.75) is 12.8 Å². The summed E-state index contributed by atoms with van der Waals surface area (Å²) >= 11 is 0. The Morgan fingerprint density at radius 3 is 2.65 bits per heavy atom. The minimum Gasteiger partial charge on any atom is -0.340 e. The molecule has 4 heteroatoms. The standard InChI is InChI=1S/C19H23N3O/c1-21(13-14-22-11-5-6-12-22)19(23)17-9-10-20-18(15-17)16-7-3-2-4-8-16/h2-4,7-10,15H,5-6,11-14H2,1H3. The van der Waals surface area contributed by atoms with Crippen LogP contribution in [0.25, 0.3) is 11.3 Å². The molecule has 1 fully saturated rings. The maximum atomic E-state index is 12.6. The third-order valence-electron chi connectivity index (χ3n) is 4.37. The molecule has 0 bridgehead atoms. The zero-order valence-electron chi connectivity index (χ0n) is 13.6. The Morgan fingerprint density at radius 2 is 1.91 bits per heavy atom. The zero-order valence-corrected chi connectivity index (χ0v) is 13.6. The Kier molecular flexibility index (Phi) is 5.03. The van der Waals surface area contributed by atoms with E-state index in [1.54, 1.807) is 12.3 Å². The Bertz CT molecular complexity index is 651. The lowest BCUT2D eigenvalue weighted by Gasteiger charge is -2.21. The second-order valence-corrected chi connectivity index (χ2v) is 6.07. The van der Waals surface area contributed by atoms with E-state index in [1.165, 1.54) is 12.8 Å². The van der Waals surface area contributed by atoms with Crippen molar-refractivity contribution in [2.24, 2.45) is 0 Å². The van der Waals surface area contributed by atoms with E-state index in [4.69, 9.17) is 0 Å². The SMILES string of the molecule is CN(CCN1CCCC1)C(=O)c1ccnc(-c2ccccc2)c1. The first-order chi connectivity index (χ1) is 11.2. The van der Waals surface area contributed by atoms with Gasteiger partial charge in [0.15, 0.2) is 0 Å². The molecule has 4 nitrogen and oxygen atoms in total. The third kappa shape index (κ3) is 3.96. The lowest BCUT2D eigenvalue weighted by atomic mass is 10.1. The molecule has 1 aromatic heterocycles. The molecule has 0 atom stereocenters. The Balaban J connectivity index is 1.67.